The highest BCUT2D eigenvalue weighted by Gasteiger charge is 2.20. The van der Waals surface area contributed by atoms with E-state index in [0.29, 0.717) is 23.8 Å². The highest BCUT2D eigenvalue weighted by molar-refractivity contribution is 7.99. The fraction of sp³-hybridized carbons (Fsp3) is 0.471. The molecule has 1 amide bonds. The summed E-state index contributed by atoms with van der Waals surface area (Å²) < 4.78 is 1.65. The van der Waals surface area contributed by atoms with Crippen molar-refractivity contribution < 1.29 is 4.79 Å². The molecule has 2 rings (SSSR count). The molecular formula is C17H24ClN5OS. The zero-order chi connectivity index (χ0) is 18.2. The van der Waals surface area contributed by atoms with E-state index in [1.54, 1.807) is 39.9 Å². The molecule has 0 atom stereocenters. The summed E-state index contributed by atoms with van der Waals surface area (Å²) in [5, 5.41) is 4.62. The van der Waals surface area contributed by atoms with Crippen LogP contribution in [0.3, 0.4) is 0 Å². The molecule has 0 fully saturated rings. The van der Waals surface area contributed by atoms with E-state index < -0.39 is 0 Å². The number of carbonyl (C=O) groups excluding carboxylic acids is 1. The number of aromatic nitrogens is 3. The van der Waals surface area contributed by atoms with Crippen LogP contribution in [0.25, 0.3) is 5.69 Å². The van der Waals surface area contributed by atoms with Gasteiger partial charge in [0.25, 0.3) is 0 Å². The number of nitrogens with zero attached hydrogens (tertiary/aromatic N) is 5. The second-order valence-corrected chi connectivity index (χ2v) is 7.35. The van der Waals surface area contributed by atoms with E-state index in [-0.39, 0.29) is 5.91 Å². The van der Waals surface area contributed by atoms with Crippen molar-refractivity contribution in [2.24, 2.45) is 0 Å². The molecule has 0 bridgehead atoms. The first-order valence-electron chi connectivity index (χ1n) is 8.21. The smallest absolute Gasteiger partial charge is 0.227 e. The van der Waals surface area contributed by atoms with E-state index in [2.05, 4.69) is 15.0 Å². The third kappa shape index (κ3) is 5.73. The van der Waals surface area contributed by atoms with Crippen LogP contribution in [0.15, 0.2) is 30.7 Å². The average Bonchev–Trinajstić information content (AvgIpc) is 2.97. The first-order valence-corrected chi connectivity index (χ1v) is 9.74. The van der Waals surface area contributed by atoms with Gasteiger partial charge in [0.05, 0.1) is 18.1 Å². The lowest BCUT2D eigenvalue weighted by Gasteiger charge is -2.19. The number of hydrogen-bond acceptors (Lipinski definition) is 5. The van der Waals surface area contributed by atoms with Gasteiger partial charge in [-0.25, -0.2) is 4.68 Å². The fourth-order valence-corrected chi connectivity index (χ4v) is 3.52. The summed E-state index contributed by atoms with van der Waals surface area (Å²) in [6.45, 7) is 3.51. The van der Waals surface area contributed by atoms with Crippen molar-refractivity contribution in [3.63, 3.8) is 0 Å². The molecule has 2 aromatic heterocycles. The predicted octanol–water partition coefficient (Wildman–Crippen LogP) is 2.96. The number of carbonyl (C=O) groups is 1. The van der Waals surface area contributed by atoms with Gasteiger partial charge in [0, 0.05) is 37.2 Å². The van der Waals surface area contributed by atoms with Crippen LogP contribution in [-0.4, -0.2) is 64.3 Å². The lowest BCUT2D eigenvalue weighted by molar-refractivity contribution is -0.118. The van der Waals surface area contributed by atoms with Crippen LogP contribution in [0.2, 0.25) is 5.15 Å². The van der Waals surface area contributed by atoms with Gasteiger partial charge in [0.15, 0.2) is 5.15 Å². The highest BCUT2D eigenvalue weighted by Crippen LogP contribution is 2.26. The zero-order valence-corrected chi connectivity index (χ0v) is 16.4. The van der Waals surface area contributed by atoms with Gasteiger partial charge in [-0.05, 0) is 33.2 Å². The predicted molar refractivity (Wildman–Crippen MR) is 105 cm³/mol. The van der Waals surface area contributed by atoms with E-state index in [0.717, 1.165) is 23.7 Å². The van der Waals surface area contributed by atoms with Crippen LogP contribution < -0.4 is 4.90 Å². The minimum Gasteiger partial charge on any atom is -0.309 e. The third-order valence-corrected chi connectivity index (χ3v) is 4.85. The summed E-state index contributed by atoms with van der Waals surface area (Å²) in [4.78, 5) is 20.5. The zero-order valence-electron chi connectivity index (χ0n) is 14.9. The Morgan fingerprint density at radius 2 is 2.16 bits per heavy atom. The van der Waals surface area contributed by atoms with Crippen molar-refractivity contribution in [2.75, 3.05) is 43.6 Å². The summed E-state index contributed by atoms with van der Waals surface area (Å²) >= 11 is 8.06. The van der Waals surface area contributed by atoms with Crippen LogP contribution in [0.4, 0.5) is 5.69 Å². The fourth-order valence-electron chi connectivity index (χ4n) is 2.27. The van der Waals surface area contributed by atoms with Crippen molar-refractivity contribution >= 4 is 35.0 Å². The Morgan fingerprint density at radius 1 is 1.36 bits per heavy atom. The molecule has 8 heteroatoms. The van der Waals surface area contributed by atoms with Crippen LogP contribution in [0, 0.1) is 0 Å². The van der Waals surface area contributed by atoms with E-state index in [1.807, 2.05) is 33.2 Å². The number of pyridine rings is 1. The molecule has 0 aliphatic carbocycles. The lowest BCUT2D eigenvalue weighted by Crippen LogP contribution is -2.30. The Kier molecular flexibility index (Phi) is 7.74. The van der Waals surface area contributed by atoms with Gasteiger partial charge in [-0.1, -0.05) is 11.6 Å². The SMILES string of the molecule is CCN(C(=O)CCSCCN(C)C)c1cn(-c2cccnc2)nc1Cl. The maximum atomic E-state index is 12.6. The molecule has 0 radical (unpaired) electrons. The van der Waals surface area contributed by atoms with Crippen molar-refractivity contribution in [1.29, 1.82) is 0 Å². The van der Waals surface area contributed by atoms with Crippen LogP contribution in [-0.2, 0) is 4.79 Å². The molecule has 2 heterocycles. The van der Waals surface area contributed by atoms with Gasteiger partial charge in [0.2, 0.25) is 5.91 Å². The number of halogens is 1. The molecule has 2 aromatic rings. The van der Waals surface area contributed by atoms with Crippen molar-refractivity contribution in [3.8, 4) is 5.69 Å². The van der Waals surface area contributed by atoms with Gasteiger partial charge < -0.3 is 9.80 Å². The van der Waals surface area contributed by atoms with E-state index >= 15 is 0 Å². The first-order chi connectivity index (χ1) is 12.0. The minimum absolute atomic E-state index is 0.0625. The number of hydrogen-bond donors (Lipinski definition) is 0. The lowest BCUT2D eigenvalue weighted by atomic mass is 10.3. The summed E-state index contributed by atoms with van der Waals surface area (Å²) in [7, 11) is 4.10. The number of thioether (sulfide) groups is 1. The maximum absolute atomic E-state index is 12.6. The summed E-state index contributed by atoms with van der Waals surface area (Å²) in [5.41, 5.74) is 1.44. The van der Waals surface area contributed by atoms with Crippen molar-refractivity contribution in [3.05, 3.63) is 35.9 Å². The van der Waals surface area contributed by atoms with Crippen molar-refractivity contribution in [2.45, 2.75) is 13.3 Å². The van der Waals surface area contributed by atoms with Crippen LogP contribution in [0.5, 0.6) is 0 Å². The highest BCUT2D eigenvalue weighted by atomic mass is 35.5. The van der Waals surface area contributed by atoms with Gasteiger partial charge in [-0.3, -0.25) is 9.78 Å². The van der Waals surface area contributed by atoms with E-state index in [1.165, 1.54) is 0 Å². The second-order valence-electron chi connectivity index (χ2n) is 5.76. The van der Waals surface area contributed by atoms with Crippen LogP contribution in [0.1, 0.15) is 13.3 Å². The Bertz CT molecular complexity index is 677. The monoisotopic (exact) mass is 381 g/mol. The summed E-state index contributed by atoms with van der Waals surface area (Å²) in [5.74, 6) is 1.89. The number of anilines is 1. The standard InChI is InChI=1S/C17H24ClN5OS/c1-4-22(16(24)7-10-25-11-9-21(2)3)15-13-23(20-17(15)18)14-6-5-8-19-12-14/h5-6,8,12-13H,4,7,9-11H2,1-3H3. The quantitative estimate of drug-likeness (QED) is 0.625. The average molecular weight is 382 g/mol. The largest absolute Gasteiger partial charge is 0.309 e. The molecule has 0 aromatic carbocycles. The third-order valence-electron chi connectivity index (χ3n) is 3.61. The first kappa shape index (κ1) is 19.8. The maximum Gasteiger partial charge on any atom is 0.227 e. The summed E-state index contributed by atoms with van der Waals surface area (Å²) in [6, 6.07) is 3.72. The molecular weight excluding hydrogens is 358 g/mol. The summed E-state index contributed by atoms with van der Waals surface area (Å²) in [6.07, 6.45) is 5.66. The molecule has 25 heavy (non-hydrogen) atoms. The second kappa shape index (κ2) is 9.79. The van der Waals surface area contributed by atoms with E-state index in [9.17, 15) is 4.79 Å². The molecule has 136 valence electrons. The Labute approximate surface area is 158 Å². The molecule has 0 aliphatic rings. The molecule has 0 N–H and O–H groups in total. The van der Waals surface area contributed by atoms with Gasteiger partial charge in [-0.15, -0.1) is 0 Å². The molecule has 0 spiro atoms. The van der Waals surface area contributed by atoms with Crippen LogP contribution >= 0.6 is 23.4 Å². The number of rotatable bonds is 9. The minimum atomic E-state index is 0.0625. The molecule has 0 aliphatic heterocycles. The van der Waals surface area contributed by atoms with Gasteiger partial charge in [0.1, 0.15) is 5.69 Å². The molecule has 0 saturated carbocycles. The Hall–Kier alpha value is -1.57. The van der Waals surface area contributed by atoms with Crippen molar-refractivity contribution in [1.82, 2.24) is 19.7 Å². The Balaban J connectivity index is 2.00. The van der Waals surface area contributed by atoms with E-state index in [4.69, 9.17) is 11.6 Å². The molecule has 0 unspecified atom stereocenters. The normalized spacial score (nSPS) is 11.1. The van der Waals surface area contributed by atoms with Gasteiger partial charge >= 0.3 is 0 Å². The Morgan fingerprint density at radius 3 is 2.80 bits per heavy atom. The molecule has 0 saturated heterocycles. The molecule has 6 nitrogen and oxygen atoms in total. The van der Waals surface area contributed by atoms with Gasteiger partial charge in [-0.2, -0.15) is 16.9 Å². The topological polar surface area (TPSA) is 54.3 Å². The number of amides is 1.